The standard InChI is InChI=1S/C14H19FN2S/c1-4-9(2)7-10(3)16-14-17-12-8-11(15)5-6-13(12)18-14/h5-6,8-10H,4,7H2,1-3H3,(H,16,17). The number of hydrogen-bond acceptors (Lipinski definition) is 3. The molecule has 2 rings (SSSR count). The molecule has 18 heavy (non-hydrogen) atoms. The monoisotopic (exact) mass is 266 g/mol. The lowest BCUT2D eigenvalue weighted by Gasteiger charge is -2.16. The zero-order valence-electron chi connectivity index (χ0n) is 11.0. The number of benzene rings is 1. The lowest BCUT2D eigenvalue weighted by molar-refractivity contribution is 0.484. The van der Waals surface area contributed by atoms with Crippen molar-refractivity contribution in [1.29, 1.82) is 0 Å². The first kappa shape index (κ1) is 13.3. The topological polar surface area (TPSA) is 24.9 Å². The summed E-state index contributed by atoms with van der Waals surface area (Å²) in [6.07, 6.45) is 2.32. The van der Waals surface area contributed by atoms with Gasteiger partial charge in [-0.15, -0.1) is 0 Å². The van der Waals surface area contributed by atoms with E-state index in [9.17, 15) is 4.39 Å². The van der Waals surface area contributed by atoms with Crippen molar-refractivity contribution in [1.82, 2.24) is 4.98 Å². The van der Waals surface area contributed by atoms with Crippen LogP contribution in [-0.4, -0.2) is 11.0 Å². The van der Waals surface area contributed by atoms with Gasteiger partial charge in [0, 0.05) is 12.1 Å². The molecule has 0 aliphatic rings. The maximum atomic E-state index is 13.1. The molecule has 0 fully saturated rings. The Hall–Kier alpha value is -1.16. The van der Waals surface area contributed by atoms with E-state index < -0.39 is 0 Å². The van der Waals surface area contributed by atoms with E-state index in [0.717, 1.165) is 21.8 Å². The van der Waals surface area contributed by atoms with Crippen molar-refractivity contribution in [2.45, 2.75) is 39.7 Å². The van der Waals surface area contributed by atoms with Crippen LogP contribution in [0.5, 0.6) is 0 Å². The van der Waals surface area contributed by atoms with Gasteiger partial charge in [-0.05, 0) is 31.4 Å². The number of nitrogens with zero attached hydrogens (tertiary/aromatic N) is 1. The van der Waals surface area contributed by atoms with Crippen molar-refractivity contribution in [3.8, 4) is 0 Å². The van der Waals surface area contributed by atoms with Gasteiger partial charge in [0.1, 0.15) is 5.82 Å². The van der Waals surface area contributed by atoms with Crippen LogP contribution < -0.4 is 5.32 Å². The van der Waals surface area contributed by atoms with Gasteiger partial charge < -0.3 is 5.32 Å². The molecule has 1 N–H and O–H groups in total. The number of halogens is 1. The van der Waals surface area contributed by atoms with Crippen LogP contribution in [0.4, 0.5) is 9.52 Å². The molecule has 1 heterocycles. The minimum Gasteiger partial charge on any atom is -0.359 e. The van der Waals surface area contributed by atoms with Crippen LogP contribution >= 0.6 is 11.3 Å². The van der Waals surface area contributed by atoms with E-state index in [1.165, 1.54) is 18.6 Å². The molecule has 0 spiro atoms. The van der Waals surface area contributed by atoms with Gasteiger partial charge in [0.15, 0.2) is 5.13 Å². The Morgan fingerprint density at radius 1 is 1.39 bits per heavy atom. The van der Waals surface area contributed by atoms with Crippen molar-refractivity contribution in [3.05, 3.63) is 24.0 Å². The quantitative estimate of drug-likeness (QED) is 0.850. The number of fused-ring (bicyclic) bond motifs is 1. The fourth-order valence-corrected chi connectivity index (χ4v) is 2.96. The summed E-state index contributed by atoms with van der Waals surface area (Å²) in [5.41, 5.74) is 0.734. The van der Waals surface area contributed by atoms with E-state index in [4.69, 9.17) is 0 Å². The molecule has 0 saturated carbocycles. The zero-order valence-corrected chi connectivity index (χ0v) is 11.9. The summed E-state index contributed by atoms with van der Waals surface area (Å²) in [6.45, 7) is 6.63. The predicted octanol–water partition coefficient (Wildman–Crippen LogP) is 4.67. The zero-order chi connectivity index (χ0) is 13.1. The number of thiazole rings is 1. The van der Waals surface area contributed by atoms with Crippen LogP contribution in [0.15, 0.2) is 18.2 Å². The predicted molar refractivity (Wildman–Crippen MR) is 76.7 cm³/mol. The van der Waals surface area contributed by atoms with Crippen LogP contribution in [0.2, 0.25) is 0 Å². The molecule has 1 aromatic carbocycles. The van der Waals surface area contributed by atoms with Gasteiger partial charge in [0.05, 0.1) is 10.2 Å². The fraction of sp³-hybridized carbons (Fsp3) is 0.500. The number of hydrogen-bond donors (Lipinski definition) is 1. The highest BCUT2D eigenvalue weighted by Crippen LogP contribution is 2.27. The van der Waals surface area contributed by atoms with Crippen molar-refractivity contribution in [2.75, 3.05) is 5.32 Å². The average Bonchev–Trinajstić information content (AvgIpc) is 2.69. The Morgan fingerprint density at radius 3 is 2.89 bits per heavy atom. The molecule has 2 unspecified atom stereocenters. The summed E-state index contributed by atoms with van der Waals surface area (Å²) in [5, 5.41) is 4.28. The minimum atomic E-state index is -0.230. The summed E-state index contributed by atoms with van der Waals surface area (Å²) in [4.78, 5) is 4.41. The van der Waals surface area contributed by atoms with Crippen molar-refractivity contribution < 1.29 is 4.39 Å². The Labute approximate surface area is 111 Å². The first-order valence-corrected chi connectivity index (χ1v) is 7.22. The Morgan fingerprint density at radius 2 is 2.17 bits per heavy atom. The molecule has 0 amide bonds. The van der Waals surface area contributed by atoms with Crippen molar-refractivity contribution in [2.24, 2.45) is 5.92 Å². The lowest BCUT2D eigenvalue weighted by atomic mass is 10.0. The summed E-state index contributed by atoms with van der Waals surface area (Å²) >= 11 is 1.58. The number of nitrogens with one attached hydrogen (secondary N) is 1. The normalized spacial score (nSPS) is 14.7. The van der Waals surface area contributed by atoms with Crippen LogP contribution in [0.3, 0.4) is 0 Å². The van der Waals surface area contributed by atoms with E-state index >= 15 is 0 Å². The van der Waals surface area contributed by atoms with Gasteiger partial charge in [-0.25, -0.2) is 9.37 Å². The molecule has 1 aromatic heterocycles. The highest BCUT2D eigenvalue weighted by Gasteiger charge is 2.10. The van der Waals surface area contributed by atoms with Crippen molar-refractivity contribution >= 4 is 26.7 Å². The fourth-order valence-electron chi connectivity index (χ4n) is 2.00. The highest BCUT2D eigenvalue weighted by molar-refractivity contribution is 7.22. The summed E-state index contributed by atoms with van der Waals surface area (Å²) in [6, 6.07) is 5.14. The lowest BCUT2D eigenvalue weighted by Crippen LogP contribution is -2.17. The van der Waals surface area contributed by atoms with Gasteiger partial charge in [0.25, 0.3) is 0 Å². The van der Waals surface area contributed by atoms with E-state index in [2.05, 4.69) is 31.1 Å². The summed E-state index contributed by atoms with van der Waals surface area (Å²) in [5.74, 6) is 0.478. The summed E-state index contributed by atoms with van der Waals surface area (Å²) < 4.78 is 14.1. The maximum Gasteiger partial charge on any atom is 0.184 e. The number of anilines is 1. The maximum absolute atomic E-state index is 13.1. The third kappa shape index (κ3) is 3.19. The Balaban J connectivity index is 2.07. The largest absolute Gasteiger partial charge is 0.359 e. The molecule has 98 valence electrons. The molecular formula is C14H19FN2S. The smallest absolute Gasteiger partial charge is 0.184 e. The Kier molecular flexibility index (Phi) is 4.17. The second-order valence-corrected chi connectivity index (χ2v) is 5.96. The third-order valence-corrected chi connectivity index (χ3v) is 4.14. The van der Waals surface area contributed by atoms with Crippen LogP contribution in [-0.2, 0) is 0 Å². The average molecular weight is 266 g/mol. The number of aromatic nitrogens is 1. The van der Waals surface area contributed by atoms with E-state index in [1.54, 1.807) is 17.4 Å². The number of rotatable bonds is 5. The molecule has 2 atom stereocenters. The second kappa shape index (κ2) is 5.65. The van der Waals surface area contributed by atoms with Gasteiger partial charge in [-0.2, -0.15) is 0 Å². The first-order valence-electron chi connectivity index (χ1n) is 6.41. The third-order valence-electron chi connectivity index (χ3n) is 3.17. The van der Waals surface area contributed by atoms with Gasteiger partial charge >= 0.3 is 0 Å². The van der Waals surface area contributed by atoms with E-state index in [1.807, 2.05) is 0 Å². The molecule has 4 heteroatoms. The SMILES string of the molecule is CCC(C)CC(C)Nc1nc2cc(F)ccc2s1. The minimum absolute atomic E-state index is 0.230. The molecule has 0 saturated heterocycles. The molecule has 0 radical (unpaired) electrons. The van der Waals surface area contributed by atoms with Gasteiger partial charge in [-0.3, -0.25) is 0 Å². The van der Waals surface area contributed by atoms with Gasteiger partial charge in [-0.1, -0.05) is 31.6 Å². The molecule has 2 aromatic rings. The molecule has 0 aliphatic heterocycles. The molecular weight excluding hydrogens is 247 g/mol. The van der Waals surface area contributed by atoms with E-state index in [0.29, 0.717) is 12.0 Å². The van der Waals surface area contributed by atoms with Crippen LogP contribution in [0.1, 0.15) is 33.6 Å². The van der Waals surface area contributed by atoms with Crippen LogP contribution in [0.25, 0.3) is 10.2 Å². The second-order valence-electron chi connectivity index (χ2n) is 4.93. The molecule has 0 aliphatic carbocycles. The van der Waals surface area contributed by atoms with Gasteiger partial charge in [0.2, 0.25) is 0 Å². The Bertz CT molecular complexity index is 523. The van der Waals surface area contributed by atoms with Crippen LogP contribution in [0, 0.1) is 11.7 Å². The highest BCUT2D eigenvalue weighted by atomic mass is 32.1. The van der Waals surface area contributed by atoms with E-state index in [-0.39, 0.29) is 5.82 Å². The first-order chi connectivity index (χ1) is 8.58. The molecule has 0 bridgehead atoms. The van der Waals surface area contributed by atoms with Crippen molar-refractivity contribution in [3.63, 3.8) is 0 Å². The molecule has 2 nitrogen and oxygen atoms in total. The summed E-state index contributed by atoms with van der Waals surface area (Å²) in [7, 11) is 0.